The lowest BCUT2D eigenvalue weighted by atomic mass is 9.98. The molecule has 4 nitrogen and oxygen atoms in total. The molecule has 1 unspecified atom stereocenters. The molecule has 1 heterocycles. The lowest BCUT2D eigenvalue weighted by Crippen LogP contribution is -2.30. The first-order chi connectivity index (χ1) is 11.5. The van der Waals surface area contributed by atoms with Gasteiger partial charge in [0.2, 0.25) is 0 Å². The Balaban J connectivity index is 1.94. The maximum absolute atomic E-state index is 12.7. The Hall–Kier alpha value is -2.40. The second kappa shape index (κ2) is 7.01. The van der Waals surface area contributed by atoms with E-state index in [4.69, 9.17) is 0 Å². The molecular formula is C19H18BrN3O. The van der Waals surface area contributed by atoms with Gasteiger partial charge in [0.25, 0.3) is 5.91 Å². The van der Waals surface area contributed by atoms with Gasteiger partial charge in [0.15, 0.2) is 0 Å². The van der Waals surface area contributed by atoms with Crippen molar-refractivity contribution in [3.63, 3.8) is 0 Å². The summed E-state index contributed by atoms with van der Waals surface area (Å²) in [4.78, 5) is 12.7. The molecule has 1 N–H and O–H groups in total. The molecule has 2 aromatic carbocycles. The smallest absolute Gasteiger partial charge is 0.270 e. The first kappa shape index (κ1) is 16.5. The molecule has 0 aliphatic heterocycles. The van der Waals surface area contributed by atoms with Crippen molar-refractivity contribution in [2.24, 2.45) is 7.05 Å². The molecule has 0 radical (unpaired) electrons. The van der Waals surface area contributed by atoms with E-state index in [2.05, 4.69) is 26.3 Å². The summed E-state index contributed by atoms with van der Waals surface area (Å²) in [6.45, 7) is 1.88. The number of nitrogens with zero attached hydrogens (tertiary/aromatic N) is 2. The summed E-state index contributed by atoms with van der Waals surface area (Å²) in [7, 11) is 1.78. The van der Waals surface area contributed by atoms with Gasteiger partial charge in [0, 0.05) is 11.5 Å². The van der Waals surface area contributed by atoms with Crippen molar-refractivity contribution in [1.82, 2.24) is 15.1 Å². The first-order valence-corrected chi connectivity index (χ1v) is 8.46. The van der Waals surface area contributed by atoms with Crippen LogP contribution in [-0.4, -0.2) is 15.7 Å². The van der Waals surface area contributed by atoms with Crippen molar-refractivity contribution in [2.75, 3.05) is 0 Å². The number of nitrogens with one attached hydrogen (secondary N) is 1. The van der Waals surface area contributed by atoms with Gasteiger partial charge in [0.1, 0.15) is 5.69 Å². The zero-order valence-electron chi connectivity index (χ0n) is 13.5. The van der Waals surface area contributed by atoms with E-state index < -0.39 is 0 Å². The van der Waals surface area contributed by atoms with Crippen LogP contribution in [0.1, 0.15) is 33.4 Å². The third-order valence-electron chi connectivity index (χ3n) is 3.85. The molecule has 3 aromatic rings. The van der Waals surface area contributed by atoms with E-state index in [0.29, 0.717) is 5.69 Å². The Morgan fingerprint density at radius 3 is 2.29 bits per heavy atom. The summed E-state index contributed by atoms with van der Waals surface area (Å²) in [5, 5.41) is 7.37. The zero-order valence-corrected chi connectivity index (χ0v) is 15.1. The third-order valence-corrected chi connectivity index (χ3v) is 4.37. The summed E-state index contributed by atoms with van der Waals surface area (Å²) in [5.74, 6) is -0.144. The SMILES string of the molecule is Cc1cc(C(=O)NC(c2ccccc2)c2ccc(Br)cc2)n(C)n1. The molecule has 1 atom stereocenters. The molecule has 0 aliphatic carbocycles. The Labute approximate surface area is 149 Å². The van der Waals surface area contributed by atoms with E-state index in [1.54, 1.807) is 17.8 Å². The molecule has 1 aromatic heterocycles. The molecule has 1 amide bonds. The van der Waals surface area contributed by atoms with Gasteiger partial charge in [-0.05, 0) is 36.2 Å². The predicted octanol–water partition coefficient (Wildman–Crippen LogP) is 4.01. The van der Waals surface area contributed by atoms with Crippen molar-refractivity contribution in [1.29, 1.82) is 0 Å². The van der Waals surface area contributed by atoms with E-state index in [9.17, 15) is 4.79 Å². The van der Waals surface area contributed by atoms with Crippen molar-refractivity contribution in [3.05, 3.63) is 87.7 Å². The average molecular weight is 384 g/mol. The summed E-state index contributed by atoms with van der Waals surface area (Å²) in [6, 6.07) is 19.5. The van der Waals surface area contributed by atoms with E-state index in [1.165, 1.54) is 0 Å². The summed E-state index contributed by atoms with van der Waals surface area (Å²) in [6.07, 6.45) is 0. The molecule has 0 fully saturated rings. The predicted molar refractivity (Wildman–Crippen MR) is 97.8 cm³/mol. The number of carbonyl (C=O) groups excluding carboxylic acids is 1. The van der Waals surface area contributed by atoms with Gasteiger partial charge in [-0.25, -0.2) is 0 Å². The highest BCUT2D eigenvalue weighted by Crippen LogP contribution is 2.24. The zero-order chi connectivity index (χ0) is 17.1. The number of hydrogen-bond donors (Lipinski definition) is 1. The highest BCUT2D eigenvalue weighted by Gasteiger charge is 2.20. The van der Waals surface area contributed by atoms with Gasteiger partial charge >= 0.3 is 0 Å². The van der Waals surface area contributed by atoms with Crippen molar-refractivity contribution in [3.8, 4) is 0 Å². The van der Waals surface area contributed by atoms with Crippen LogP contribution < -0.4 is 5.32 Å². The largest absolute Gasteiger partial charge is 0.340 e. The lowest BCUT2D eigenvalue weighted by molar-refractivity contribution is 0.0933. The molecule has 5 heteroatoms. The molecule has 0 aliphatic rings. The fourth-order valence-corrected chi connectivity index (χ4v) is 2.95. The molecule has 0 saturated carbocycles. The van der Waals surface area contributed by atoms with Crippen LogP contribution in [0.15, 0.2) is 65.1 Å². The standard InChI is InChI=1S/C19H18BrN3O/c1-13-12-17(23(2)22-13)19(24)21-18(14-6-4-3-5-7-14)15-8-10-16(20)11-9-15/h3-12,18H,1-2H3,(H,21,24). The second-order valence-electron chi connectivity index (χ2n) is 5.66. The van der Waals surface area contributed by atoms with Crippen LogP contribution in [-0.2, 0) is 7.05 Å². The highest BCUT2D eigenvalue weighted by molar-refractivity contribution is 9.10. The maximum Gasteiger partial charge on any atom is 0.270 e. The molecule has 122 valence electrons. The Morgan fingerprint density at radius 1 is 1.08 bits per heavy atom. The topological polar surface area (TPSA) is 46.9 Å². The Morgan fingerprint density at radius 2 is 1.71 bits per heavy atom. The fourth-order valence-electron chi connectivity index (χ4n) is 2.69. The number of benzene rings is 2. The molecular weight excluding hydrogens is 366 g/mol. The quantitative estimate of drug-likeness (QED) is 0.739. The molecule has 0 bridgehead atoms. The molecule has 0 saturated heterocycles. The van der Waals surface area contributed by atoms with Crippen LogP contribution in [0.2, 0.25) is 0 Å². The van der Waals surface area contributed by atoms with Crippen LogP contribution >= 0.6 is 15.9 Å². The highest BCUT2D eigenvalue weighted by atomic mass is 79.9. The monoisotopic (exact) mass is 383 g/mol. The maximum atomic E-state index is 12.7. The van der Waals surface area contributed by atoms with Crippen LogP contribution in [0.25, 0.3) is 0 Å². The number of amides is 1. The Bertz CT molecular complexity index is 841. The van der Waals surface area contributed by atoms with E-state index in [-0.39, 0.29) is 11.9 Å². The lowest BCUT2D eigenvalue weighted by Gasteiger charge is -2.20. The number of hydrogen-bond acceptors (Lipinski definition) is 2. The van der Waals surface area contributed by atoms with Crippen molar-refractivity contribution < 1.29 is 4.79 Å². The number of halogens is 1. The number of aryl methyl sites for hydroxylation is 2. The third kappa shape index (κ3) is 3.57. The van der Waals surface area contributed by atoms with E-state index >= 15 is 0 Å². The Kier molecular flexibility index (Phi) is 4.81. The second-order valence-corrected chi connectivity index (χ2v) is 6.58. The van der Waals surface area contributed by atoms with Crippen molar-refractivity contribution in [2.45, 2.75) is 13.0 Å². The first-order valence-electron chi connectivity index (χ1n) is 7.66. The van der Waals surface area contributed by atoms with Crippen molar-refractivity contribution >= 4 is 21.8 Å². The summed E-state index contributed by atoms with van der Waals surface area (Å²) in [5.41, 5.74) is 3.43. The summed E-state index contributed by atoms with van der Waals surface area (Å²) < 4.78 is 2.61. The van der Waals surface area contributed by atoms with Crippen LogP contribution in [0.3, 0.4) is 0 Å². The normalized spacial score (nSPS) is 12.0. The van der Waals surface area contributed by atoms with Crippen LogP contribution in [0.4, 0.5) is 0 Å². The number of aromatic nitrogens is 2. The minimum Gasteiger partial charge on any atom is -0.340 e. The van der Waals surface area contributed by atoms with E-state index in [0.717, 1.165) is 21.3 Å². The van der Waals surface area contributed by atoms with E-state index in [1.807, 2.05) is 61.5 Å². The minimum absolute atomic E-state index is 0.144. The fraction of sp³-hybridized carbons (Fsp3) is 0.158. The molecule has 24 heavy (non-hydrogen) atoms. The van der Waals surface area contributed by atoms with Crippen LogP contribution in [0.5, 0.6) is 0 Å². The van der Waals surface area contributed by atoms with Gasteiger partial charge in [-0.2, -0.15) is 5.10 Å². The van der Waals surface area contributed by atoms with Gasteiger partial charge in [0.05, 0.1) is 11.7 Å². The molecule has 3 rings (SSSR count). The van der Waals surface area contributed by atoms with Crippen LogP contribution in [0, 0.1) is 6.92 Å². The minimum atomic E-state index is -0.220. The summed E-state index contributed by atoms with van der Waals surface area (Å²) >= 11 is 3.45. The van der Waals surface area contributed by atoms with Gasteiger partial charge in [-0.15, -0.1) is 0 Å². The van der Waals surface area contributed by atoms with Gasteiger partial charge < -0.3 is 5.32 Å². The molecule has 0 spiro atoms. The number of rotatable bonds is 4. The van der Waals surface area contributed by atoms with Gasteiger partial charge in [-0.3, -0.25) is 9.48 Å². The van der Waals surface area contributed by atoms with Gasteiger partial charge in [-0.1, -0.05) is 58.4 Å². The average Bonchev–Trinajstić information content (AvgIpc) is 2.93. The number of carbonyl (C=O) groups is 1.